The van der Waals surface area contributed by atoms with Crippen LogP contribution in [0.3, 0.4) is 0 Å². The zero-order valence-electron chi connectivity index (χ0n) is 9.01. The van der Waals surface area contributed by atoms with Crippen molar-refractivity contribution in [2.45, 2.75) is 11.8 Å². The van der Waals surface area contributed by atoms with Crippen molar-refractivity contribution in [2.75, 3.05) is 5.73 Å². The number of aromatic hydroxyl groups is 1. The van der Waals surface area contributed by atoms with Gasteiger partial charge < -0.3 is 10.8 Å². The van der Waals surface area contributed by atoms with Gasteiger partial charge in [-0.15, -0.1) is 0 Å². The van der Waals surface area contributed by atoms with E-state index in [1.165, 1.54) is 0 Å². The van der Waals surface area contributed by atoms with E-state index in [0.717, 1.165) is 11.6 Å². The molecule has 0 aliphatic carbocycles. The number of hydrogen-bond acceptors (Lipinski definition) is 4. The monoisotopic (exact) mass is 253 g/mol. The van der Waals surface area contributed by atoms with Crippen LogP contribution in [0.4, 0.5) is 5.69 Å². The molecule has 0 saturated heterocycles. The van der Waals surface area contributed by atoms with Crippen molar-refractivity contribution in [3.8, 4) is 5.75 Å². The maximum Gasteiger partial charge on any atom is 0.295 e. The van der Waals surface area contributed by atoms with Crippen LogP contribution in [0.15, 0.2) is 29.2 Å². The topological polar surface area (TPSA) is 101 Å². The molecule has 0 amide bonds. The molecule has 0 radical (unpaired) electrons. The van der Waals surface area contributed by atoms with Gasteiger partial charge in [0.25, 0.3) is 10.1 Å². The molecule has 90 valence electrons. The number of fused-ring (bicyclic) bond motifs is 1. The summed E-state index contributed by atoms with van der Waals surface area (Å²) in [4.78, 5) is -0.345. The van der Waals surface area contributed by atoms with Crippen LogP contribution in [-0.4, -0.2) is 18.1 Å². The van der Waals surface area contributed by atoms with Crippen molar-refractivity contribution >= 4 is 26.6 Å². The summed E-state index contributed by atoms with van der Waals surface area (Å²) < 4.78 is 31.6. The Morgan fingerprint density at radius 2 is 1.82 bits per heavy atom. The fourth-order valence-corrected chi connectivity index (χ4v) is 2.44. The molecule has 6 heteroatoms. The number of nitrogen functional groups attached to an aromatic ring is 1. The summed E-state index contributed by atoms with van der Waals surface area (Å²) in [5.41, 5.74) is 6.57. The molecular formula is C11H11NO4S. The molecule has 5 nitrogen and oxygen atoms in total. The molecule has 0 atom stereocenters. The summed E-state index contributed by atoms with van der Waals surface area (Å²) in [7, 11) is -4.40. The quantitative estimate of drug-likeness (QED) is 0.408. The first-order valence-electron chi connectivity index (χ1n) is 4.80. The van der Waals surface area contributed by atoms with E-state index in [2.05, 4.69) is 0 Å². The maximum atomic E-state index is 11.2. The summed E-state index contributed by atoms with van der Waals surface area (Å²) in [5, 5.41) is 10.2. The predicted octanol–water partition coefficient (Wildman–Crippen LogP) is 1.68. The Hall–Kier alpha value is -1.79. The summed E-state index contributed by atoms with van der Waals surface area (Å²) >= 11 is 0. The third kappa shape index (κ3) is 1.92. The van der Waals surface area contributed by atoms with Gasteiger partial charge in [0.15, 0.2) is 0 Å². The van der Waals surface area contributed by atoms with Gasteiger partial charge >= 0.3 is 0 Å². The SMILES string of the molecule is Cc1ccc2c(N)c(O)cc(S(=O)(=O)O)c2c1. The van der Waals surface area contributed by atoms with Crippen LogP contribution in [-0.2, 0) is 10.1 Å². The van der Waals surface area contributed by atoms with Crippen LogP contribution in [0.1, 0.15) is 5.56 Å². The molecule has 0 aromatic heterocycles. The van der Waals surface area contributed by atoms with Crippen LogP contribution in [0, 0.1) is 6.92 Å². The normalized spacial score (nSPS) is 11.9. The lowest BCUT2D eigenvalue weighted by molar-refractivity contribution is 0.469. The minimum absolute atomic E-state index is 0.0902. The Kier molecular flexibility index (Phi) is 2.48. The Labute approximate surface area is 98.2 Å². The van der Waals surface area contributed by atoms with Gasteiger partial charge in [0.2, 0.25) is 0 Å². The molecule has 17 heavy (non-hydrogen) atoms. The van der Waals surface area contributed by atoms with E-state index in [1.54, 1.807) is 25.1 Å². The van der Waals surface area contributed by atoms with Crippen molar-refractivity contribution < 1.29 is 18.1 Å². The molecule has 0 bridgehead atoms. The van der Waals surface area contributed by atoms with Crippen molar-refractivity contribution in [3.05, 3.63) is 29.8 Å². The largest absolute Gasteiger partial charge is 0.506 e. The van der Waals surface area contributed by atoms with Crippen LogP contribution in [0.5, 0.6) is 5.75 Å². The van der Waals surface area contributed by atoms with E-state index in [0.29, 0.717) is 10.8 Å². The molecule has 0 aliphatic rings. The van der Waals surface area contributed by atoms with Crippen molar-refractivity contribution in [3.63, 3.8) is 0 Å². The minimum atomic E-state index is -4.40. The smallest absolute Gasteiger partial charge is 0.295 e. The highest BCUT2D eigenvalue weighted by Crippen LogP contribution is 2.35. The first kappa shape index (κ1) is 11.7. The standard InChI is InChI=1S/C11H11NO4S/c1-6-2-3-7-8(4-6)10(17(14,15)16)5-9(13)11(7)12/h2-5,13H,12H2,1H3,(H,14,15,16). The van der Waals surface area contributed by atoms with Crippen LogP contribution < -0.4 is 5.73 Å². The van der Waals surface area contributed by atoms with Crippen LogP contribution in [0.2, 0.25) is 0 Å². The summed E-state index contributed by atoms with van der Waals surface area (Å²) in [5.74, 6) is -0.367. The molecular weight excluding hydrogens is 242 g/mol. The number of aryl methyl sites for hydroxylation is 1. The van der Waals surface area contributed by atoms with Crippen molar-refractivity contribution in [1.82, 2.24) is 0 Å². The van der Waals surface area contributed by atoms with Crippen LogP contribution in [0.25, 0.3) is 10.8 Å². The fraction of sp³-hybridized carbons (Fsp3) is 0.0909. The highest BCUT2D eigenvalue weighted by atomic mass is 32.2. The van der Waals surface area contributed by atoms with Crippen molar-refractivity contribution in [1.29, 1.82) is 0 Å². The molecule has 0 unspecified atom stereocenters. The third-order valence-corrected chi connectivity index (χ3v) is 3.45. The molecule has 0 spiro atoms. The maximum absolute atomic E-state index is 11.2. The van der Waals surface area contributed by atoms with Gasteiger partial charge in [0, 0.05) is 16.8 Å². The Bertz CT molecular complexity index is 707. The zero-order valence-corrected chi connectivity index (χ0v) is 9.82. The highest BCUT2D eigenvalue weighted by Gasteiger charge is 2.18. The van der Waals surface area contributed by atoms with Gasteiger partial charge in [0.05, 0.1) is 5.69 Å². The molecule has 0 fully saturated rings. The third-order valence-electron chi connectivity index (χ3n) is 2.55. The highest BCUT2D eigenvalue weighted by molar-refractivity contribution is 7.86. The Balaban J connectivity index is 3.04. The van der Waals surface area contributed by atoms with Gasteiger partial charge in [-0.25, -0.2) is 0 Å². The van der Waals surface area contributed by atoms with E-state index >= 15 is 0 Å². The van der Waals surface area contributed by atoms with Gasteiger partial charge in [0.1, 0.15) is 10.6 Å². The summed E-state index contributed by atoms with van der Waals surface area (Å²) in [6.45, 7) is 1.79. The molecule has 4 N–H and O–H groups in total. The lowest BCUT2D eigenvalue weighted by Gasteiger charge is -2.09. The van der Waals surface area contributed by atoms with E-state index in [1.807, 2.05) is 0 Å². The average molecular weight is 253 g/mol. The second-order valence-corrected chi connectivity index (χ2v) is 5.22. The van der Waals surface area contributed by atoms with E-state index < -0.39 is 10.1 Å². The van der Waals surface area contributed by atoms with Crippen molar-refractivity contribution in [2.24, 2.45) is 0 Å². The Morgan fingerprint density at radius 3 is 2.41 bits per heavy atom. The number of phenols is 1. The number of hydrogen-bond donors (Lipinski definition) is 3. The van der Waals surface area contributed by atoms with E-state index in [4.69, 9.17) is 10.3 Å². The Morgan fingerprint density at radius 1 is 1.18 bits per heavy atom. The first-order chi connectivity index (χ1) is 7.80. The summed E-state index contributed by atoms with van der Waals surface area (Å²) in [6, 6.07) is 5.89. The second kappa shape index (κ2) is 3.61. The van der Waals surface area contributed by atoms with Crippen LogP contribution >= 0.6 is 0 Å². The minimum Gasteiger partial charge on any atom is -0.506 e. The van der Waals surface area contributed by atoms with Gasteiger partial charge in [-0.05, 0) is 13.0 Å². The number of benzene rings is 2. The van der Waals surface area contributed by atoms with E-state index in [-0.39, 0.29) is 16.3 Å². The molecule has 2 aromatic carbocycles. The fourth-order valence-electron chi connectivity index (χ4n) is 1.73. The number of phenolic OH excluding ortho intramolecular Hbond substituents is 1. The predicted molar refractivity (Wildman–Crippen MR) is 64.6 cm³/mol. The average Bonchev–Trinajstić information content (AvgIpc) is 2.21. The molecule has 2 aromatic rings. The first-order valence-corrected chi connectivity index (χ1v) is 6.24. The molecule has 0 aliphatic heterocycles. The number of nitrogens with two attached hydrogens (primary N) is 1. The molecule has 0 saturated carbocycles. The summed E-state index contributed by atoms with van der Waals surface area (Å²) in [6.07, 6.45) is 0. The second-order valence-electron chi connectivity index (χ2n) is 3.83. The number of anilines is 1. The lowest BCUT2D eigenvalue weighted by atomic mass is 10.1. The van der Waals surface area contributed by atoms with Gasteiger partial charge in [-0.3, -0.25) is 4.55 Å². The lowest BCUT2D eigenvalue weighted by Crippen LogP contribution is -2.01. The molecule has 2 rings (SSSR count). The van der Waals surface area contributed by atoms with Gasteiger partial charge in [-0.2, -0.15) is 8.42 Å². The van der Waals surface area contributed by atoms with E-state index in [9.17, 15) is 13.5 Å². The molecule has 0 heterocycles. The number of rotatable bonds is 1. The van der Waals surface area contributed by atoms with Gasteiger partial charge in [-0.1, -0.05) is 17.7 Å². The zero-order chi connectivity index (χ0) is 12.8.